The third-order valence-corrected chi connectivity index (χ3v) is 2.90. The van der Waals surface area contributed by atoms with Crippen LogP contribution < -0.4 is 0 Å². The van der Waals surface area contributed by atoms with Crippen LogP contribution in [0.1, 0.15) is 5.56 Å². The summed E-state index contributed by atoms with van der Waals surface area (Å²) in [5, 5.41) is 0. The number of sulfonamides is 1. The van der Waals surface area contributed by atoms with Gasteiger partial charge >= 0.3 is 0 Å². The van der Waals surface area contributed by atoms with Gasteiger partial charge in [0, 0.05) is 0 Å². The maximum Gasteiger partial charge on any atom is 0.285 e. The smallest absolute Gasteiger partial charge is 0.199 e. The molecule has 2 rings (SSSR count). The first kappa shape index (κ1) is 7.42. The second-order valence-corrected chi connectivity index (χ2v) is 3.93. The van der Waals surface area contributed by atoms with E-state index < -0.39 is 16.0 Å². The number of rotatable bonds is 0. The lowest BCUT2D eigenvalue weighted by atomic mass is 10.2. The van der Waals surface area contributed by atoms with Crippen molar-refractivity contribution in [3.05, 3.63) is 29.8 Å². The largest absolute Gasteiger partial charge is 0.285 e. The molecule has 0 spiro atoms. The van der Waals surface area contributed by atoms with Gasteiger partial charge in [0.2, 0.25) is 5.97 Å². The number of fused-ring (bicyclic) bond motifs is 1. The second kappa shape index (κ2) is 2.13. The van der Waals surface area contributed by atoms with E-state index in [0.29, 0.717) is 0 Å². The van der Waals surface area contributed by atoms with Crippen molar-refractivity contribution in [3.63, 3.8) is 0 Å². The van der Waals surface area contributed by atoms with Crippen LogP contribution in [0.4, 0.5) is 4.39 Å². The lowest BCUT2D eigenvalue weighted by Gasteiger charge is -1.92. The highest BCUT2D eigenvalue weighted by Crippen LogP contribution is 2.25. The van der Waals surface area contributed by atoms with E-state index in [1.54, 1.807) is 6.07 Å². The quantitative estimate of drug-likeness (QED) is 0.607. The highest BCUT2D eigenvalue weighted by molar-refractivity contribution is 7.90. The highest BCUT2D eigenvalue weighted by Gasteiger charge is 2.27. The summed E-state index contributed by atoms with van der Waals surface area (Å²) in [6.07, 6.45) is 0. The van der Waals surface area contributed by atoms with Crippen molar-refractivity contribution in [3.8, 4) is 0 Å². The van der Waals surface area contributed by atoms with Crippen LogP contribution in [0.25, 0.3) is 0 Å². The Balaban J connectivity index is 2.86. The van der Waals surface area contributed by atoms with Gasteiger partial charge in [-0.15, -0.1) is 4.40 Å². The van der Waals surface area contributed by atoms with Crippen LogP contribution >= 0.6 is 0 Å². The van der Waals surface area contributed by atoms with Crippen molar-refractivity contribution in [2.24, 2.45) is 4.40 Å². The molecule has 1 aliphatic heterocycles. The summed E-state index contributed by atoms with van der Waals surface area (Å²) in [6, 6.07) is 5.82. The molecule has 0 bridgehead atoms. The molecule has 0 atom stereocenters. The molecule has 62 valence electrons. The van der Waals surface area contributed by atoms with E-state index in [9.17, 15) is 12.8 Å². The summed E-state index contributed by atoms with van der Waals surface area (Å²) in [5.41, 5.74) is 0.0532. The first-order chi connectivity index (χ1) is 5.61. The molecular weight excluding hydrogens is 181 g/mol. The number of nitrogens with zero attached hydrogens (tertiary/aromatic N) is 1. The fourth-order valence-corrected chi connectivity index (χ4v) is 2.15. The fraction of sp³-hybridized carbons (Fsp3) is 0. The zero-order valence-electron chi connectivity index (χ0n) is 5.86. The number of hydrogen-bond acceptors (Lipinski definition) is 2. The molecule has 1 heterocycles. The minimum atomic E-state index is -3.74. The molecule has 0 aromatic heterocycles. The summed E-state index contributed by atoms with van der Waals surface area (Å²) in [7, 11) is -3.74. The van der Waals surface area contributed by atoms with Crippen molar-refractivity contribution in [1.29, 1.82) is 0 Å². The Bertz CT molecular complexity index is 464. The van der Waals surface area contributed by atoms with Gasteiger partial charge in [-0.25, -0.2) is 0 Å². The van der Waals surface area contributed by atoms with E-state index >= 15 is 0 Å². The fourth-order valence-electron chi connectivity index (χ4n) is 1.07. The molecular formula is C7H4FNO2S. The lowest BCUT2D eigenvalue weighted by Crippen LogP contribution is -1.92. The van der Waals surface area contributed by atoms with E-state index in [4.69, 9.17) is 0 Å². The molecule has 0 fully saturated rings. The van der Waals surface area contributed by atoms with Crippen LogP contribution in [0, 0.1) is 0 Å². The molecule has 5 heteroatoms. The molecule has 1 aliphatic rings. The summed E-state index contributed by atoms with van der Waals surface area (Å²) < 4.78 is 37.8. The van der Waals surface area contributed by atoms with Gasteiger partial charge in [0.1, 0.15) is 4.90 Å². The van der Waals surface area contributed by atoms with Gasteiger partial charge in [-0.1, -0.05) is 12.1 Å². The Labute approximate surface area is 68.6 Å². The third-order valence-electron chi connectivity index (χ3n) is 1.59. The number of halogens is 1. The molecule has 1 aromatic rings. The molecule has 0 saturated heterocycles. The summed E-state index contributed by atoms with van der Waals surface area (Å²) >= 11 is 0. The van der Waals surface area contributed by atoms with E-state index in [0.717, 1.165) is 0 Å². The lowest BCUT2D eigenvalue weighted by molar-refractivity contribution is 0.599. The van der Waals surface area contributed by atoms with Crippen LogP contribution in [0.3, 0.4) is 0 Å². The standard InChI is InChI=1S/C7H4FNO2S/c8-7-5-3-1-2-4-6(5)12(10,11)9-7/h1-4H. The Morgan fingerprint density at radius 1 is 1.25 bits per heavy atom. The molecule has 0 aliphatic carbocycles. The van der Waals surface area contributed by atoms with Crippen molar-refractivity contribution >= 4 is 16.0 Å². The molecule has 1 aromatic carbocycles. The summed E-state index contributed by atoms with van der Waals surface area (Å²) in [6.45, 7) is 0. The first-order valence-corrected chi connectivity index (χ1v) is 4.65. The molecule has 0 radical (unpaired) electrons. The second-order valence-electron chi connectivity index (χ2n) is 2.35. The minimum absolute atomic E-state index is 0.0532. The Morgan fingerprint density at radius 2 is 1.92 bits per heavy atom. The van der Waals surface area contributed by atoms with Crippen molar-refractivity contribution in [2.45, 2.75) is 4.90 Å². The summed E-state index contributed by atoms with van der Waals surface area (Å²) in [4.78, 5) is -0.0532. The Kier molecular flexibility index (Phi) is 1.32. The molecule has 3 nitrogen and oxygen atoms in total. The van der Waals surface area contributed by atoms with Crippen molar-refractivity contribution in [1.82, 2.24) is 0 Å². The van der Waals surface area contributed by atoms with E-state index in [1.807, 2.05) is 0 Å². The van der Waals surface area contributed by atoms with Crippen molar-refractivity contribution < 1.29 is 12.8 Å². The molecule has 12 heavy (non-hydrogen) atoms. The van der Waals surface area contributed by atoms with Crippen LogP contribution in [0.2, 0.25) is 0 Å². The van der Waals surface area contributed by atoms with Crippen LogP contribution in [0.15, 0.2) is 33.6 Å². The minimum Gasteiger partial charge on any atom is -0.199 e. The van der Waals surface area contributed by atoms with Gasteiger partial charge in [0.15, 0.2) is 0 Å². The zero-order chi connectivity index (χ0) is 8.77. The van der Waals surface area contributed by atoms with Gasteiger partial charge in [0.25, 0.3) is 10.0 Å². The van der Waals surface area contributed by atoms with E-state index in [-0.39, 0.29) is 10.5 Å². The van der Waals surface area contributed by atoms with Crippen LogP contribution in [0.5, 0.6) is 0 Å². The Morgan fingerprint density at radius 3 is 2.58 bits per heavy atom. The maximum atomic E-state index is 12.8. The molecule has 0 N–H and O–H groups in total. The van der Waals surface area contributed by atoms with E-state index in [1.165, 1.54) is 18.2 Å². The molecule has 0 unspecified atom stereocenters. The predicted molar refractivity (Wildman–Crippen MR) is 41.3 cm³/mol. The van der Waals surface area contributed by atoms with Crippen molar-refractivity contribution in [2.75, 3.05) is 0 Å². The zero-order valence-corrected chi connectivity index (χ0v) is 6.68. The van der Waals surface area contributed by atoms with Gasteiger partial charge in [-0.2, -0.15) is 12.8 Å². The van der Waals surface area contributed by atoms with Gasteiger partial charge < -0.3 is 0 Å². The topological polar surface area (TPSA) is 46.5 Å². The first-order valence-electron chi connectivity index (χ1n) is 3.21. The van der Waals surface area contributed by atoms with Gasteiger partial charge in [-0.05, 0) is 12.1 Å². The normalized spacial score (nSPS) is 18.6. The highest BCUT2D eigenvalue weighted by atomic mass is 32.2. The van der Waals surface area contributed by atoms with Crippen LogP contribution in [-0.2, 0) is 10.0 Å². The van der Waals surface area contributed by atoms with Gasteiger partial charge in [-0.3, -0.25) is 0 Å². The van der Waals surface area contributed by atoms with Gasteiger partial charge in [0.05, 0.1) is 5.56 Å². The third kappa shape index (κ3) is 0.863. The maximum absolute atomic E-state index is 12.8. The van der Waals surface area contributed by atoms with E-state index in [2.05, 4.69) is 4.40 Å². The average molecular weight is 185 g/mol. The monoisotopic (exact) mass is 185 g/mol. The predicted octanol–water partition coefficient (Wildman–Crippen LogP) is 1.10. The Hall–Kier alpha value is -1.23. The molecule has 0 saturated carbocycles. The SMILES string of the molecule is O=S1(=O)N=C(F)c2ccccc21. The average Bonchev–Trinajstić information content (AvgIpc) is 2.25. The number of hydrogen-bond donors (Lipinski definition) is 0. The van der Waals surface area contributed by atoms with Crippen LogP contribution in [-0.4, -0.2) is 14.4 Å². The number of benzene rings is 1. The molecule has 0 amide bonds. The summed E-state index contributed by atoms with van der Waals surface area (Å²) in [5.74, 6) is -0.925.